The molecular weight excluding hydrogens is 874 g/mol. The molecular formula is C43H42NNaO18S. The molecule has 2 saturated heterocycles. The summed E-state index contributed by atoms with van der Waals surface area (Å²) >= 11 is 0. The number of ether oxygens (including phenoxy) is 8. The van der Waals surface area contributed by atoms with Gasteiger partial charge in [-0.3, -0.25) is 8.98 Å². The molecule has 0 aromatic heterocycles. The Labute approximate surface area is 389 Å². The average Bonchev–Trinajstić information content (AvgIpc) is 3.28. The Balaban J connectivity index is 0.00000771. The SMILES string of the molecule is COC(=O)[C@H]1O[C@@H](O[C@H]2[C@@H](O)[C@@H](COS(=O)(=O)[O-])O[C@H](OCc3ccccc3)[C@@H]2NC(C)=O)[C@H](OC(=O)c2ccccc2)[C@@H](OC(=O)c2ccccc2)[C@@H]1OC(=O)c1ccccc1.[Na+]. The number of carbonyl (C=O) groups is 5. The van der Waals surface area contributed by atoms with Crippen LogP contribution in [0, 0.1) is 0 Å². The second-order valence-electron chi connectivity index (χ2n) is 14.0. The molecule has 2 aliphatic heterocycles. The van der Waals surface area contributed by atoms with Crippen LogP contribution >= 0.6 is 0 Å². The van der Waals surface area contributed by atoms with Gasteiger partial charge in [0, 0.05) is 6.92 Å². The fourth-order valence-corrected chi connectivity index (χ4v) is 7.02. The molecule has 10 atom stereocenters. The zero-order chi connectivity index (χ0) is 45.1. The van der Waals surface area contributed by atoms with Gasteiger partial charge in [-0.15, -0.1) is 0 Å². The number of hydrogen-bond acceptors (Lipinski definition) is 18. The predicted molar refractivity (Wildman–Crippen MR) is 212 cm³/mol. The summed E-state index contributed by atoms with van der Waals surface area (Å²) in [5.74, 6) is -5.01. The first kappa shape index (κ1) is 49.9. The van der Waals surface area contributed by atoms with Gasteiger partial charge in [-0.2, -0.15) is 0 Å². The number of benzene rings is 4. The standard InChI is InChI=1S/C43H43NO18S.Na/c1-25(45)44-31-33(32(46)30(24-56-63(51,52)53)57-42(31)55-23-26-15-7-3-8-16-26)61-43-37(60-40(49)29-21-13-6-14-22-29)35(59-39(48)28-19-11-5-12-20-28)34(36(62-43)41(50)54-2)58-38(47)27-17-9-4-10-18-27;/h3-22,30-37,42-43,46H,23-24H2,1-2H3,(H,44,45)(H,51,52,53);/q;+1/p-1/t30-,31-,32+,33-,34+,35+,36+,37-,42+,43-;/m1./s1. The van der Waals surface area contributed by atoms with E-state index in [1.54, 1.807) is 60.7 Å². The van der Waals surface area contributed by atoms with Crippen molar-refractivity contribution in [2.45, 2.75) is 74.9 Å². The number of methoxy groups -OCH3 is 1. The molecule has 0 aliphatic carbocycles. The summed E-state index contributed by atoms with van der Waals surface area (Å²) < 4.78 is 86.4. The molecule has 2 aliphatic rings. The summed E-state index contributed by atoms with van der Waals surface area (Å²) in [4.78, 5) is 67.9. The van der Waals surface area contributed by atoms with Crippen molar-refractivity contribution in [2.24, 2.45) is 0 Å². The van der Waals surface area contributed by atoms with E-state index in [1.165, 1.54) is 60.7 Å². The molecule has 2 fully saturated rings. The maximum absolute atomic E-state index is 13.9. The summed E-state index contributed by atoms with van der Waals surface area (Å²) in [5.41, 5.74) is 0.580. The van der Waals surface area contributed by atoms with Crippen LogP contribution in [0.25, 0.3) is 0 Å². The van der Waals surface area contributed by atoms with Gasteiger partial charge in [0.1, 0.15) is 24.4 Å². The van der Waals surface area contributed by atoms with Gasteiger partial charge in [0.2, 0.25) is 16.3 Å². The van der Waals surface area contributed by atoms with Gasteiger partial charge in [0.05, 0.1) is 37.0 Å². The van der Waals surface area contributed by atoms with Crippen molar-refractivity contribution in [3.8, 4) is 0 Å². The number of nitrogens with one attached hydrogen (secondary N) is 1. The molecule has 64 heavy (non-hydrogen) atoms. The topological polar surface area (TPSA) is 258 Å². The Bertz CT molecular complexity index is 2290. The Morgan fingerprint density at radius 3 is 1.61 bits per heavy atom. The van der Waals surface area contributed by atoms with Crippen LogP contribution in [0.4, 0.5) is 0 Å². The number of amides is 1. The molecule has 21 heteroatoms. The molecule has 19 nitrogen and oxygen atoms in total. The van der Waals surface area contributed by atoms with Crippen LogP contribution in [-0.2, 0) is 68.7 Å². The first-order chi connectivity index (χ1) is 30.2. The van der Waals surface area contributed by atoms with Crippen LogP contribution in [-0.4, -0.2) is 123 Å². The van der Waals surface area contributed by atoms with Crippen LogP contribution in [0.15, 0.2) is 121 Å². The molecule has 1 amide bonds. The van der Waals surface area contributed by atoms with Gasteiger partial charge in [0.15, 0.2) is 37.0 Å². The fourth-order valence-electron chi connectivity index (χ4n) is 6.72. The van der Waals surface area contributed by atoms with E-state index in [1.807, 2.05) is 0 Å². The van der Waals surface area contributed by atoms with Gasteiger partial charge in [-0.05, 0) is 42.0 Å². The van der Waals surface area contributed by atoms with Crippen molar-refractivity contribution < 1.29 is 114 Å². The van der Waals surface area contributed by atoms with E-state index in [-0.39, 0.29) is 52.9 Å². The van der Waals surface area contributed by atoms with Crippen LogP contribution in [0.1, 0.15) is 43.6 Å². The van der Waals surface area contributed by atoms with Gasteiger partial charge in [-0.25, -0.2) is 27.6 Å². The van der Waals surface area contributed by atoms with Crippen LogP contribution in [0.3, 0.4) is 0 Å². The summed E-state index contributed by atoms with van der Waals surface area (Å²) in [6, 6.07) is 29.6. The number of carbonyl (C=O) groups excluding carboxylic acids is 5. The van der Waals surface area contributed by atoms with Gasteiger partial charge < -0.3 is 52.9 Å². The average molecular weight is 916 g/mol. The van der Waals surface area contributed by atoms with E-state index in [0.29, 0.717) is 5.56 Å². The Kier molecular flexibility index (Phi) is 18.1. The predicted octanol–water partition coefficient (Wildman–Crippen LogP) is -0.766. The quantitative estimate of drug-likeness (QED) is 0.0460. The number of hydrogen-bond donors (Lipinski definition) is 2. The minimum Gasteiger partial charge on any atom is -0.726 e. The molecule has 4 aromatic carbocycles. The van der Waals surface area contributed by atoms with E-state index < -0.39 is 108 Å². The normalized spacial score (nSPS) is 25.4. The van der Waals surface area contributed by atoms with E-state index in [2.05, 4.69) is 9.50 Å². The second-order valence-corrected chi connectivity index (χ2v) is 15.1. The number of esters is 4. The fraction of sp³-hybridized carbons (Fsp3) is 0.326. The second kappa shape index (κ2) is 23.2. The zero-order valence-corrected chi connectivity index (χ0v) is 37.3. The molecule has 334 valence electrons. The monoisotopic (exact) mass is 915 g/mol. The van der Waals surface area contributed by atoms with Crippen molar-refractivity contribution in [1.82, 2.24) is 5.32 Å². The third-order valence-corrected chi connectivity index (χ3v) is 10.1. The molecule has 2 N–H and O–H groups in total. The van der Waals surface area contributed by atoms with Crippen molar-refractivity contribution in [2.75, 3.05) is 13.7 Å². The largest absolute Gasteiger partial charge is 1.00 e. The summed E-state index contributed by atoms with van der Waals surface area (Å²) in [7, 11) is -4.37. The third kappa shape index (κ3) is 13.2. The van der Waals surface area contributed by atoms with Gasteiger partial charge in [-0.1, -0.05) is 84.9 Å². The number of aliphatic hydroxyl groups excluding tert-OH is 1. The van der Waals surface area contributed by atoms with Gasteiger partial charge in [0.25, 0.3) is 0 Å². The maximum Gasteiger partial charge on any atom is 1.00 e. The maximum atomic E-state index is 13.9. The first-order valence-corrected chi connectivity index (χ1v) is 20.6. The zero-order valence-electron chi connectivity index (χ0n) is 34.5. The van der Waals surface area contributed by atoms with E-state index >= 15 is 0 Å². The van der Waals surface area contributed by atoms with Crippen molar-refractivity contribution in [3.63, 3.8) is 0 Å². The molecule has 0 radical (unpaired) electrons. The smallest absolute Gasteiger partial charge is 0.726 e. The molecule has 4 aromatic rings. The molecule has 2 heterocycles. The van der Waals surface area contributed by atoms with Crippen LogP contribution in [0.5, 0.6) is 0 Å². The van der Waals surface area contributed by atoms with Crippen molar-refractivity contribution in [1.29, 1.82) is 0 Å². The molecule has 6 rings (SSSR count). The van der Waals surface area contributed by atoms with Crippen molar-refractivity contribution >= 4 is 40.2 Å². The van der Waals surface area contributed by atoms with E-state index in [4.69, 9.17) is 37.9 Å². The Morgan fingerprint density at radius 1 is 0.672 bits per heavy atom. The van der Waals surface area contributed by atoms with E-state index in [0.717, 1.165) is 14.0 Å². The van der Waals surface area contributed by atoms with Crippen LogP contribution in [0.2, 0.25) is 0 Å². The minimum atomic E-state index is -5.36. The molecule has 0 saturated carbocycles. The van der Waals surface area contributed by atoms with Crippen molar-refractivity contribution in [3.05, 3.63) is 144 Å². The first-order valence-electron chi connectivity index (χ1n) is 19.3. The molecule has 0 unspecified atom stereocenters. The number of rotatable bonds is 16. The summed E-state index contributed by atoms with van der Waals surface area (Å²) in [6.07, 6.45) is -17.2. The Hall–Kier alpha value is -5.10. The minimum absolute atomic E-state index is 0. The third-order valence-electron chi connectivity index (χ3n) is 9.65. The summed E-state index contributed by atoms with van der Waals surface area (Å²) in [5, 5.41) is 14.4. The van der Waals surface area contributed by atoms with E-state index in [9.17, 15) is 42.0 Å². The number of aliphatic hydroxyl groups is 1. The Morgan fingerprint density at radius 2 is 1.14 bits per heavy atom. The summed E-state index contributed by atoms with van der Waals surface area (Å²) in [6.45, 7) is -0.135. The molecule has 0 spiro atoms. The van der Waals surface area contributed by atoms with Gasteiger partial charge >= 0.3 is 53.4 Å². The van der Waals surface area contributed by atoms with Crippen LogP contribution < -0.4 is 34.9 Å². The molecule has 0 bridgehead atoms.